The largest absolute Gasteiger partial charge is 0.490 e. The molecule has 0 bridgehead atoms. The molecule has 0 spiro atoms. The lowest BCUT2D eigenvalue weighted by Crippen LogP contribution is -2.64. The van der Waals surface area contributed by atoms with Crippen LogP contribution < -0.4 is 16.2 Å². The number of carbonyl (C=O) groups excluding carboxylic acids is 1. The quantitative estimate of drug-likeness (QED) is 0.867. The number of nitrogens with two attached hydrogens (primary N) is 2. The Morgan fingerprint density at radius 1 is 1.43 bits per heavy atom. The summed E-state index contributed by atoms with van der Waals surface area (Å²) in [6.07, 6.45) is 2.99. The molecule has 2 aliphatic heterocycles. The molecule has 1 amide bonds. The van der Waals surface area contributed by atoms with E-state index >= 15 is 0 Å². The maximum atomic E-state index is 12.8. The number of hydrogen-bond acceptors (Lipinski definition) is 5. The van der Waals surface area contributed by atoms with Crippen molar-refractivity contribution < 1.29 is 9.53 Å². The van der Waals surface area contributed by atoms with Crippen molar-refractivity contribution in [2.45, 2.75) is 44.2 Å². The fourth-order valence-electron chi connectivity index (χ4n) is 3.27. The first-order chi connectivity index (χ1) is 11.0. The van der Waals surface area contributed by atoms with Crippen molar-refractivity contribution in [1.29, 1.82) is 0 Å². The number of hydrogen-bond donors (Lipinski definition) is 2. The topological polar surface area (TPSA) is 93.9 Å². The lowest BCUT2D eigenvalue weighted by atomic mass is 9.87. The lowest BCUT2D eigenvalue weighted by Gasteiger charge is -2.39. The highest BCUT2D eigenvalue weighted by atomic mass is 16.5. The van der Waals surface area contributed by atoms with Crippen LogP contribution in [0.1, 0.15) is 31.7 Å². The van der Waals surface area contributed by atoms with Gasteiger partial charge in [-0.05, 0) is 30.9 Å². The van der Waals surface area contributed by atoms with Gasteiger partial charge in [-0.25, -0.2) is 0 Å². The normalized spacial score (nSPS) is 27.2. The minimum Gasteiger partial charge on any atom is -0.490 e. The molecule has 124 valence electrons. The molecule has 0 aliphatic carbocycles. The molecular weight excluding hydrogens is 292 g/mol. The number of aliphatic imine (C=N–C) groups is 1. The summed E-state index contributed by atoms with van der Waals surface area (Å²) < 4.78 is 6.04. The van der Waals surface area contributed by atoms with E-state index in [0.717, 1.165) is 25.0 Å². The van der Waals surface area contributed by atoms with Crippen molar-refractivity contribution in [2.24, 2.45) is 16.5 Å². The van der Waals surface area contributed by atoms with Crippen molar-refractivity contribution in [3.8, 4) is 5.75 Å². The van der Waals surface area contributed by atoms with Crippen LogP contribution in [0, 0.1) is 0 Å². The summed E-state index contributed by atoms with van der Waals surface area (Å²) in [6, 6.07) is 8.01. The van der Waals surface area contributed by atoms with Gasteiger partial charge in [0, 0.05) is 13.0 Å². The zero-order valence-electron chi connectivity index (χ0n) is 13.5. The van der Waals surface area contributed by atoms with E-state index in [1.165, 1.54) is 10.5 Å². The van der Waals surface area contributed by atoms with Crippen LogP contribution in [0.4, 0.5) is 0 Å². The fourth-order valence-corrected chi connectivity index (χ4v) is 3.27. The monoisotopic (exact) mass is 316 g/mol. The molecule has 6 heteroatoms. The molecule has 4 N–H and O–H groups in total. The molecule has 0 radical (unpaired) electrons. The molecule has 2 atom stereocenters. The molecule has 2 heterocycles. The number of fused-ring (bicyclic) bond motifs is 1. The molecule has 0 saturated heterocycles. The van der Waals surface area contributed by atoms with Gasteiger partial charge in [-0.2, -0.15) is 0 Å². The minimum absolute atomic E-state index is 0.0724. The second-order valence-electron chi connectivity index (χ2n) is 6.38. The van der Waals surface area contributed by atoms with Gasteiger partial charge in [0.25, 0.3) is 5.91 Å². The average molecular weight is 316 g/mol. The Balaban J connectivity index is 1.74. The number of para-hydroxylation sites is 1. The van der Waals surface area contributed by atoms with Crippen LogP contribution >= 0.6 is 0 Å². The number of guanidine groups is 1. The lowest BCUT2D eigenvalue weighted by molar-refractivity contribution is -0.134. The summed E-state index contributed by atoms with van der Waals surface area (Å²) in [4.78, 5) is 18.5. The summed E-state index contributed by atoms with van der Waals surface area (Å²) in [7, 11) is 0. The summed E-state index contributed by atoms with van der Waals surface area (Å²) >= 11 is 0. The highest BCUT2D eigenvalue weighted by Gasteiger charge is 2.44. The third-order valence-corrected chi connectivity index (χ3v) is 4.51. The Bertz CT molecular complexity index is 631. The zero-order valence-corrected chi connectivity index (χ0v) is 13.5. The minimum atomic E-state index is -1.03. The second-order valence-corrected chi connectivity index (χ2v) is 6.38. The molecule has 2 unspecified atom stereocenters. The molecule has 0 aromatic heterocycles. The number of rotatable bonds is 4. The SMILES string of the molecule is CCCN1C(=O)C(N)(CC2CCc3ccccc3O2)CN=C1N. The highest BCUT2D eigenvalue weighted by molar-refractivity contribution is 6.03. The van der Waals surface area contributed by atoms with Crippen LogP contribution in [0.25, 0.3) is 0 Å². The van der Waals surface area contributed by atoms with Crippen molar-refractivity contribution in [3.05, 3.63) is 29.8 Å². The Morgan fingerprint density at radius 2 is 2.22 bits per heavy atom. The number of nitrogens with zero attached hydrogens (tertiary/aromatic N) is 2. The van der Waals surface area contributed by atoms with E-state index in [9.17, 15) is 4.79 Å². The summed E-state index contributed by atoms with van der Waals surface area (Å²) in [5, 5.41) is 0. The van der Waals surface area contributed by atoms with E-state index in [4.69, 9.17) is 16.2 Å². The van der Waals surface area contributed by atoms with Gasteiger partial charge in [-0.3, -0.25) is 14.7 Å². The number of amides is 1. The average Bonchev–Trinajstić information content (AvgIpc) is 2.56. The van der Waals surface area contributed by atoms with Gasteiger partial charge >= 0.3 is 0 Å². The predicted molar refractivity (Wildman–Crippen MR) is 89.2 cm³/mol. The van der Waals surface area contributed by atoms with Crippen molar-refractivity contribution >= 4 is 11.9 Å². The molecule has 1 aromatic rings. The van der Waals surface area contributed by atoms with E-state index in [1.807, 2.05) is 25.1 Å². The van der Waals surface area contributed by atoms with E-state index in [1.54, 1.807) is 0 Å². The maximum absolute atomic E-state index is 12.8. The van der Waals surface area contributed by atoms with Gasteiger partial charge < -0.3 is 16.2 Å². The zero-order chi connectivity index (χ0) is 16.4. The van der Waals surface area contributed by atoms with E-state index in [2.05, 4.69) is 11.1 Å². The van der Waals surface area contributed by atoms with Gasteiger partial charge in [0.15, 0.2) is 5.96 Å². The van der Waals surface area contributed by atoms with Gasteiger partial charge in [0.2, 0.25) is 0 Å². The van der Waals surface area contributed by atoms with Gasteiger partial charge in [-0.15, -0.1) is 0 Å². The van der Waals surface area contributed by atoms with Crippen LogP contribution in [0.15, 0.2) is 29.3 Å². The number of benzene rings is 1. The summed E-state index contributed by atoms with van der Waals surface area (Å²) in [6.45, 7) is 2.76. The summed E-state index contributed by atoms with van der Waals surface area (Å²) in [5.41, 5.74) is 12.4. The first kappa shape index (κ1) is 15.8. The van der Waals surface area contributed by atoms with Crippen LogP contribution in [0.5, 0.6) is 5.75 Å². The maximum Gasteiger partial charge on any atom is 0.251 e. The fraction of sp³-hybridized carbons (Fsp3) is 0.529. The molecule has 0 saturated carbocycles. The Morgan fingerprint density at radius 3 is 3.00 bits per heavy atom. The van der Waals surface area contributed by atoms with Crippen LogP contribution in [0.3, 0.4) is 0 Å². The Kier molecular flexibility index (Phi) is 4.26. The molecule has 1 aromatic carbocycles. The standard InChI is InChI=1S/C17H24N4O2/c1-2-9-21-15(22)17(19,11-20-16(21)18)10-13-8-7-12-5-3-4-6-14(12)23-13/h3-6,13H,2,7-11,19H2,1H3,(H2,18,20). The Labute approximate surface area is 136 Å². The van der Waals surface area contributed by atoms with E-state index in [0.29, 0.717) is 13.0 Å². The molecular formula is C17H24N4O2. The Hall–Kier alpha value is -2.08. The summed E-state index contributed by atoms with van der Waals surface area (Å²) in [5.74, 6) is 1.02. The number of carbonyl (C=O) groups is 1. The second kappa shape index (κ2) is 6.20. The molecule has 2 aliphatic rings. The highest BCUT2D eigenvalue weighted by Crippen LogP contribution is 2.31. The van der Waals surface area contributed by atoms with Crippen LogP contribution in [0.2, 0.25) is 0 Å². The van der Waals surface area contributed by atoms with Gasteiger partial charge in [0.05, 0.1) is 6.54 Å². The van der Waals surface area contributed by atoms with E-state index in [-0.39, 0.29) is 24.5 Å². The molecule has 0 fully saturated rings. The van der Waals surface area contributed by atoms with Crippen molar-refractivity contribution in [2.75, 3.05) is 13.1 Å². The number of aryl methyl sites for hydroxylation is 1. The molecule has 23 heavy (non-hydrogen) atoms. The van der Waals surface area contributed by atoms with Gasteiger partial charge in [0.1, 0.15) is 17.4 Å². The third-order valence-electron chi connectivity index (χ3n) is 4.51. The molecule has 3 rings (SSSR count). The van der Waals surface area contributed by atoms with E-state index < -0.39 is 5.54 Å². The first-order valence-corrected chi connectivity index (χ1v) is 8.19. The van der Waals surface area contributed by atoms with Crippen LogP contribution in [-0.4, -0.2) is 41.5 Å². The molecule has 6 nitrogen and oxygen atoms in total. The van der Waals surface area contributed by atoms with Crippen LogP contribution in [-0.2, 0) is 11.2 Å². The van der Waals surface area contributed by atoms with Gasteiger partial charge in [-0.1, -0.05) is 25.1 Å². The first-order valence-electron chi connectivity index (χ1n) is 8.19. The number of ether oxygens (including phenoxy) is 1. The van der Waals surface area contributed by atoms with Crippen molar-refractivity contribution in [1.82, 2.24) is 4.90 Å². The third kappa shape index (κ3) is 3.03. The predicted octanol–water partition coefficient (Wildman–Crippen LogP) is 1.03. The smallest absolute Gasteiger partial charge is 0.251 e. The van der Waals surface area contributed by atoms with Crippen molar-refractivity contribution in [3.63, 3.8) is 0 Å².